The van der Waals surface area contributed by atoms with Crippen molar-refractivity contribution in [3.05, 3.63) is 0 Å². The summed E-state index contributed by atoms with van der Waals surface area (Å²) >= 11 is 0. The van der Waals surface area contributed by atoms with Gasteiger partial charge in [-0.05, 0) is 32.1 Å². The molecule has 2 fully saturated rings. The second-order valence-corrected chi connectivity index (χ2v) is 9.76. The van der Waals surface area contributed by atoms with Gasteiger partial charge < -0.3 is 5.73 Å². The topological polar surface area (TPSA) is 106 Å². The Bertz CT molecular complexity index is 524. The normalized spacial score (nSPS) is 31.1. The molecule has 0 aromatic carbocycles. The average molecular weight is 296 g/mol. The molecule has 18 heavy (non-hydrogen) atoms. The smallest absolute Gasteiger partial charge is 0.216 e. The minimum atomic E-state index is -3.62. The number of nitrogens with two attached hydrogens (primary N) is 1. The van der Waals surface area contributed by atoms with E-state index in [2.05, 4.69) is 4.72 Å². The van der Waals surface area contributed by atoms with Gasteiger partial charge in [0.2, 0.25) is 10.0 Å². The molecule has 1 saturated heterocycles. The van der Waals surface area contributed by atoms with Gasteiger partial charge in [0.15, 0.2) is 9.84 Å². The monoisotopic (exact) mass is 296 g/mol. The molecule has 3 N–H and O–H groups in total. The first-order valence-corrected chi connectivity index (χ1v) is 9.49. The zero-order chi connectivity index (χ0) is 13.6. The molecular weight excluding hydrogens is 276 g/mol. The summed E-state index contributed by atoms with van der Waals surface area (Å²) in [7, 11) is -6.81. The molecule has 0 spiro atoms. The van der Waals surface area contributed by atoms with Crippen LogP contribution in [0.15, 0.2) is 0 Å². The highest BCUT2D eigenvalue weighted by Gasteiger charge is 2.46. The van der Waals surface area contributed by atoms with E-state index in [1.807, 2.05) is 0 Å². The fourth-order valence-electron chi connectivity index (χ4n) is 2.43. The molecule has 1 heterocycles. The lowest BCUT2D eigenvalue weighted by Crippen LogP contribution is -2.55. The lowest BCUT2D eigenvalue weighted by molar-refractivity contribution is 0.372. The maximum absolute atomic E-state index is 12.2. The Balaban J connectivity index is 2.12. The second kappa shape index (κ2) is 4.43. The van der Waals surface area contributed by atoms with Gasteiger partial charge in [-0.1, -0.05) is 0 Å². The van der Waals surface area contributed by atoms with Gasteiger partial charge in [-0.3, -0.25) is 0 Å². The minimum absolute atomic E-state index is 0.0403. The van der Waals surface area contributed by atoms with Crippen molar-refractivity contribution in [1.82, 2.24) is 4.72 Å². The van der Waals surface area contributed by atoms with Crippen molar-refractivity contribution >= 4 is 19.9 Å². The Morgan fingerprint density at radius 3 is 2.33 bits per heavy atom. The second-order valence-electron chi connectivity index (χ2n) is 5.57. The zero-order valence-electron chi connectivity index (χ0n) is 10.4. The van der Waals surface area contributed by atoms with Gasteiger partial charge in [-0.15, -0.1) is 0 Å². The molecule has 1 aliphatic heterocycles. The van der Waals surface area contributed by atoms with Crippen LogP contribution in [0.25, 0.3) is 0 Å². The Kier molecular flexibility index (Phi) is 3.50. The Hall–Kier alpha value is -0.180. The van der Waals surface area contributed by atoms with Crippen LogP contribution in [0.2, 0.25) is 0 Å². The van der Waals surface area contributed by atoms with Crippen LogP contribution in [-0.2, 0) is 19.9 Å². The van der Waals surface area contributed by atoms with Gasteiger partial charge >= 0.3 is 0 Å². The van der Waals surface area contributed by atoms with Crippen LogP contribution in [0.3, 0.4) is 0 Å². The fraction of sp³-hybridized carbons (Fsp3) is 1.00. The number of sulfone groups is 1. The van der Waals surface area contributed by atoms with Gasteiger partial charge in [-0.2, -0.15) is 0 Å². The summed E-state index contributed by atoms with van der Waals surface area (Å²) in [4.78, 5) is 0. The zero-order valence-corrected chi connectivity index (χ0v) is 12.1. The standard InChI is InChI=1S/C10H20N2O4S2/c1-10(7-11,8-2-3-8)12-18(15,16)9-4-5-17(13,14)6-9/h8-9,12H,2-7,11H2,1H3. The molecular formula is C10H20N2O4S2. The molecule has 8 heteroatoms. The molecule has 1 aliphatic carbocycles. The molecule has 0 aromatic rings. The van der Waals surface area contributed by atoms with E-state index in [0.29, 0.717) is 0 Å². The summed E-state index contributed by atoms with van der Waals surface area (Å²) in [5.41, 5.74) is 5.03. The van der Waals surface area contributed by atoms with Crippen LogP contribution in [0.5, 0.6) is 0 Å². The molecule has 106 valence electrons. The SMILES string of the molecule is CC(CN)(NS(=O)(=O)C1CCS(=O)(=O)C1)C1CC1. The highest BCUT2D eigenvalue weighted by atomic mass is 32.2. The van der Waals surface area contributed by atoms with Gasteiger partial charge in [0.25, 0.3) is 0 Å². The third-order valence-electron chi connectivity index (χ3n) is 3.91. The van der Waals surface area contributed by atoms with Crippen molar-refractivity contribution in [2.24, 2.45) is 11.7 Å². The first-order chi connectivity index (χ1) is 8.19. The molecule has 2 unspecified atom stereocenters. The number of hydrogen-bond acceptors (Lipinski definition) is 5. The van der Waals surface area contributed by atoms with Crippen molar-refractivity contribution in [2.45, 2.75) is 37.0 Å². The van der Waals surface area contributed by atoms with E-state index in [0.717, 1.165) is 12.8 Å². The van der Waals surface area contributed by atoms with E-state index in [9.17, 15) is 16.8 Å². The van der Waals surface area contributed by atoms with Crippen LogP contribution >= 0.6 is 0 Å². The minimum Gasteiger partial charge on any atom is -0.329 e. The summed E-state index contributed by atoms with van der Waals surface area (Å²) in [6.07, 6.45) is 2.13. The van der Waals surface area contributed by atoms with E-state index < -0.39 is 30.6 Å². The van der Waals surface area contributed by atoms with E-state index in [1.165, 1.54) is 0 Å². The quantitative estimate of drug-likeness (QED) is 0.692. The van der Waals surface area contributed by atoms with Crippen molar-refractivity contribution in [3.8, 4) is 0 Å². The first kappa shape index (κ1) is 14.2. The summed E-state index contributed by atoms with van der Waals surface area (Å²) in [6, 6.07) is 0. The van der Waals surface area contributed by atoms with E-state index in [4.69, 9.17) is 5.73 Å². The molecule has 2 rings (SSSR count). The third-order valence-corrected chi connectivity index (χ3v) is 7.92. The first-order valence-electron chi connectivity index (χ1n) is 6.12. The maximum Gasteiger partial charge on any atom is 0.216 e. The highest BCUT2D eigenvalue weighted by molar-refractivity contribution is 7.95. The van der Waals surface area contributed by atoms with Crippen LogP contribution in [0, 0.1) is 5.92 Å². The van der Waals surface area contributed by atoms with Crippen LogP contribution < -0.4 is 10.5 Å². The van der Waals surface area contributed by atoms with Gasteiger partial charge in [0, 0.05) is 12.1 Å². The summed E-state index contributed by atoms with van der Waals surface area (Å²) in [5, 5.41) is -0.827. The number of rotatable bonds is 5. The molecule has 0 bridgehead atoms. The van der Waals surface area contributed by atoms with Gasteiger partial charge in [0.05, 0.1) is 16.8 Å². The van der Waals surface area contributed by atoms with Crippen molar-refractivity contribution < 1.29 is 16.8 Å². The molecule has 0 amide bonds. The van der Waals surface area contributed by atoms with Crippen molar-refractivity contribution in [1.29, 1.82) is 0 Å². The lowest BCUT2D eigenvalue weighted by atomic mass is 9.98. The van der Waals surface area contributed by atoms with Crippen LogP contribution in [0.1, 0.15) is 26.2 Å². The summed E-state index contributed by atoms with van der Waals surface area (Å²) in [5.74, 6) is -0.0371. The Labute approximate surface area is 108 Å². The Morgan fingerprint density at radius 2 is 1.94 bits per heavy atom. The lowest BCUT2D eigenvalue weighted by Gasteiger charge is -2.30. The number of nitrogens with one attached hydrogen (secondary N) is 1. The van der Waals surface area contributed by atoms with E-state index in [1.54, 1.807) is 6.92 Å². The van der Waals surface area contributed by atoms with Gasteiger partial charge in [0.1, 0.15) is 0 Å². The number of hydrogen-bond donors (Lipinski definition) is 2. The summed E-state index contributed by atoms with van der Waals surface area (Å²) in [6.45, 7) is 2.03. The molecule has 2 atom stereocenters. The highest BCUT2D eigenvalue weighted by Crippen LogP contribution is 2.39. The summed E-state index contributed by atoms with van der Waals surface area (Å²) < 4.78 is 49.7. The average Bonchev–Trinajstić information content (AvgIpc) is 3.03. The van der Waals surface area contributed by atoms with Crippen molar-refractivity contribution in [3.63, 3.8) is 0 Å². The largest absolute Gasteiger partial charge is 0.329 e. The van der Waals surface area contributed by atoms with Crippen molar-refractivity contribution in [2.75, 3.05) is 18.1 Å². The van der Waals surface area contributed by atoms with Gasteiger partial charge in [-0.25, -0.2) is 21.6 Å². The molecule has 1 saturated carbocycles. The Morgan fingerprint density at radius 1 is 1.33 bits per heavy atom. The molecule has 0 radical (unpaired) electrons. The van der Waals surface area contributed by atoms with E-state index >= 15 is 0 Å². The maximum atomic E-state index is 12.2. The molecule has 6 nitrogen and oxygen atoms in total. The van der Waals surface area contributed by atoms with E-state index in [-0.39, 0.29) is 30.4 Å². The van der Waals surface area contributed by atoms with Crippen LogP contribution in [0.4, 0.5) is 0 Å². The number of sulfonamides is 1. The third kappa shape index (κ3) is 2.87. The molecule has 0 aromatic heterocycles. The predicted molar refractivity (Wildman–Crippen MR) is 69.3 cm³/mol. The van der Waals surface area contributed by atoms with Crippen LogP contribution in [-0.4, -0.2) is 45.7 Å². The fourth-order valence-corrected chi connectivity index (χ4v) is 6.95. The predicted octanol–water partition coefficient (Wildman–Crippen LogP) is -0.780. The molecule has 2 aliphatic rings.